The summed E-state index contributed by atoms with van der Waals surface area (Å²) in [6, 6.07) is 20.3. The lowest BCUT2D eigenvalue weighted by atomic mass is 10.0. The molecule has 0 saturated carbocycles. The lowest BCUT2D eigenvalue weighted by molar-refractivity contribution is -0.128. The van der Waals surface area contributed by atoms with Crippen LogP contribution in [0.5, 0.6) is 0 Å². The number of carbonyl (C=O) groups excluding carboxylic acids is 1. The summed E-state index contributed by atoms with van der Waals surface area (Å²) in [6.45, 7) is 18.9. The van der Waals surface area contributed by atoms with E-state index in [1.54, 1.807) is 35.1 Å². The quantitative estimate of drug-likeness (QED) is 0.126. The number of benzene rings is 2. The number of piperazine rings is 2. The Morgan fingerprint density at radius 2 is 1.00 bits per heavy atom. The SMILES string of the molecule is Cc1nc(C)c(-c2ccnc(Nc3cccc(N4CCN(C(C)C(=O)C(C)N5CCN(c6cccc(Nc7nccc(-c8sc(C)nc8C)n7)c6)CC5)CC4)c3)n2)s1. The van der Waals surface area contributed by atoms with Crippen molar-refractivity contribution in [2.45, 2.75) is 53.6 Å². The third kappa shape index (κ3) is 8.87. The fourth-order valence-corrected chi connectivity index (χ4v) is 9.67. The maximum atomic E-state index is 13.9. The van der Waals surface area contributed by atoms with Crippen molar-refractivity contribution in [2.24, 2.45) is 0 Å². The van der Waals surface area contributed by atoms with Gasteiger partial charge in [-0.15, -0.1) is 22.7 Å². The number of aryl methyl sites for hydroxylation is 4. The molecular formula is C43H50N12OS2. The van der Waals surface area contributed by atoms with Crippen LogP contribution in [0.15, 0.2) is 73.1 Å². The number of aromatic nitrogens is 6. The lowest BCUT2D eigenvalue weighted by Crippen LogP contribution is -2.57. The largest absolute Gasteiger partial charge is 0.369 e. The van der Waals surface area contributed by atoms with Crippen molar-refractivity contribution in [3.63, 3.8) is 0 Å². The first-order chi connectivity index (χ1) is 28.1. The predicted molar refractivity (Wildman–Crippen MR) is 236 cm³/mol. The molecule has 2 unspecified atom stereocenters. The molecule has 6 aromatic rings. The number of thiazole rings is 2. The van der Waals surface area contributed by atoms with Crippen molar-refractivity contribution < 1.29 is 4.79 Å². The molecule has 0 spiro atoms. The normalized spacial score (nSPS) is 16.3. The van der Waals surface area contributed by atoms with Gasteiger partial charge in [-0.3, -0.25) is 14.6 Å². The molecule has 2 aliphatic heterocycles. The molecule has 13 nitrogen and oxygen atoms in total. The molecule has 8 rings (SSSR count). The van der Waals surface area contributed by atoms with Crippen LogP contribution in [0.25, 0.3) is 21.1 Å². The molecule has 15 heteroatoms. The summed E-state index contributed by atoms with van der Waals surface area (Å²) < 4.78 is 0. The van der Waals surface area contributed by atoms with Gasteiger partial charge in [-0.2, -0.15) is 0 Å². The predicted octanol–water partition coefficient (Wildman–Crippen LogP) is 7.52. The number of nitrogens with one attached hydrogen (secondary N) is 2. The molecule has 2 saturated heterocycles. The van der Waals surface area contributed by atoms with E-state index < -0.39 is 0 Å². The van der Waals surface area contributed by atoms with Crippen molar-refractivity contribution in [3.05, 3.63) is 94.5 Å². The van der Waals surface area contributed by atoms with Crippen LogP contribution in [0.2, 0.25) is 0 Å². The maximum Gasteiger partial charge on any atom is 0.227 e. The highest BCUT2D eigenvalue weighted by atomic mass is 32.1. The van der Waals surface area contributed by atoms with Gasteiger partial charge in [-0.05, 0) is 90.1 Å². The topological polar surface area (TPSA) is 131 Å². The van der Waals surface area contributed by atoms with Gasteiger partial charge >= 0.3 is 0 Å². The second kappa shape index (κ2) is 17.2. The van der Waals surface area contributed by atoms with Crippen molar-refractivity contribution in [1.29, 1.82) is 0 Å². The Bertz CT molecular complexity index is 2220. The number of anilines is 6. The highest BCUT2D eigenvalue weighted by molar-refractivity contribution is 7.15. The molecular weight excluding hydrogens is 765 g/mol. The second-order valence-electron chi connectivity index (χ2n) is 15.0. The van der Waals surface area contributed by atoms with E-state index in [0.717, 1.165) is 118 Å². The standard InChI is InChI=1S/C43H50N12OS2/c1-27-40(57-31(5)46-27)37-13-15-44-42(50-37)48-33-9-7-11-35(25-33)54-21-17-52(18-22-54)29(3)39(56)30(4)53-19-23-55(24-20-53)36-12-8-10-34(26-36)49-43-45-16-14-38(51-43)41-28(2)47-32(6)58-41/h7-16,25-26,29-30H,17-24H2,1-6H3,(H,44,48,50)(H,45,49,51). The molecule has 0 amide bonds. The Balaban J connectivity index is 0.816. The highest BCUT2D eigenvalue weighted by Gasteiger charge is 2.32. The zero-order valence-electron chi connectivity index (χ0n) is 33.9. The summed E-state index contributed by atoms with van der Waals surface area (Å²) >= 11 is 3.29. The molecule has 2 fully saturated rings. The zero-order chi connectivity index (χ0) is 40.3. The minimum absolute atomic E-state index is 0.147. The third-order valence-electron chi connectivity index (χ3n) is 11.1. The first kappa shape index (κ1) is 39.5. The van der Waals surface area contributed by atoms with E-state index >= 15 is 0 Å². The third-order valence-corrected chi connectivity index (χ3v) is 13.3. The molecule has 2 N–H and O–H groups in total. The van der Waals surface area contributed by atoms with E-state index in [-0.39, 0.29) is 17.9 Å². The smallest absolute Gasteiger partial charge is 0.227 e. The van der Waals surface area contributed by atoms with Gasteiger partial charge in [-0.1, -0.05) is 12.1 Å². The molecule has 6 heterocycles. The average molecular weight is 815 g/mol. The molecule has 2 aliphatic rings. The summed E-state index contributed by atoms with van der Waals surface area (Å²) in [6.07, 6.45) is 3.57. The van der Waals surface area contributed by atoms with Crippen LogP contribution >= 0.6 is 22.7 Å². The summed E-state index contributed by atoms with van der Waals surface area (Å²) in [5.74, 6) is 1.40. The molecule has 0 radical (unpaired) electrons. The zero-order valence-corrected chi connectivity index (χ0v) is 35.6. The van der Waals surface area contributed by atoms with Crippen molar-refractivity contribution in [2.75, 3.05) is 72.8 Å². The van der Waals surface area contributed by atoms with Crippen LogP contribution in [-0.2, 0) is 4.79 Å². The van der Waals surface area contributed by atoms with Gasteiger partial charge in [0.15, 0.2) is 5.78 Å². The minimum atomic E-state index is -0.147. The fraction of sp³-hybridized carbons (Fsp3) is 0.372. The van der Waals surface area contributed by atoms with E-state index in [2.05, 4.69) is 100 Å². The number of nitrogens with zero attached hydrogens (tertiary/aromatic N) is 10. The first-order valence-electron chi connectivity index (χ1n) is 19.9. The Morgan fingerprint density at radius 1 is 0.586 bits per heavy atom. The van der Waals surface area contributed by atoms with Crippen molar-refractivity contribution >= 4 is 63.1 Å². The molecule has 2 aromatic carbocycles. The van der Waals surface area contributed by atoms with Gasteiger partial charge in [0.25, 0.3) is 0 Å². The van der Waals surface area contributed by atoms with E-state index in [9.17, 15) is 4.79 Å². The van der Waals surface area contributed by atoms with Gasteiger partial charge in [0.2, 0.25) is 11.9 Å². The second-order valence-corrected chi connectivity index (χ2v) is 17.4. The van der Waals surface area contributed by atoms with E-state index in [1.165, 1.54) is 0 Å². The number of rotatable bonds is 12. The summed E-state index contributed by atoms with van der Waals surface area (Å²) in [4.78, 5) is 53.1. The van der Waals surface area contributed by atoms with E-state index in [0.29, 0.717) is 11.9 Å². The van der Waals surface area contributed by atoms with Gasteiger partial charge in [0, 0.05) is 87.5 Å². The van der Waals surface area contributed by atoms with E-state index in [4.69, 9.17) is 9.97 Å². The van der Waals surface area contributed by atoms with Gasteiger partial charge in [0.1, 0.15) is 0 Å². The molecule has 2 atom stereocenters. The minimum Gasteiger partial charge on any atom is -0.369 e. The number of ketones is 1. The van der Waals surface area contributed by atoms with Crippen molar-refractivity contribution in [1.82, 2.24) is 39.7 Å². The highest BCUT2D eigenvalue weighted by Crippen LogP contribution is 2.31. The van der Waals surface area contributed by atoms with Gasteiger partial charge < -0.3 is 20.4 Å². The van der Waals surface area contributed by atoms with Crippen LogP contribution in [0.3, 0.4) is 0 Å². The van der Waals surface area contributed by atoms with Crippen LogP contribution < -0.4 is 20.4 Å². The van der Waals surface area contributed by atoms with E-state index in [1.807, 2.05) is 52.0 Å². The molecule has 58 heavy (non-hydrogen) atoms. The number of hydrogen-bond donors (Lipinski definition) is 2. The monoisotopic (exact) mass is 814 g/mol. The summed E-state index contributed by atoms with van der Waals surface area (Å²) in [7, 11) is 0. The average Bonchev–Trinajstić information content (AvgIpc) is 3.78. The van der Waals surface area contributed by atoms with Crippen LogP contribution in [0.1, 0.15) is 35.3 Å². The van der Waals surface area contributed by atoms with Gasteiger partial charge in [-0.25, -0.2) is 29.9 Å². The Morgan fingerprint density at radius 3 is 1.38 bits per heavy atom. The maximum absolute atomic E-state index is 13.9. The molecule has 300 valence electrons. The number of hydrogen-bond acceptors (Lipinski definition) is 15. The van der Waals surface area contributed by atoms with Crippen LogP contribution in [-0.4, -0.2) is 110 Å². The summed E-state index contributed by atoms with van der Waals surface area (Å²) in [5.41, 5.74) is 7.86. The van der Waals surface area contributed by atoms with Crippen molar-refractivity contribution in [3.8, 4) is 21.1 Å². The Hall–Kier alpha value is -5.35. The van der Waals surface area contributed by atoms with Crippen LogP contribution in [0.4, 0.5) is 34.6 Å². The lowest BCUT2D eigenvalue weighted by Gasteiger charge is -2.42. The van der Waals surface area contributed by atoms with Crippen LogP contribution in [0, 0.1) is 27.7 Å². The van der Waals surface area contributed by atoms with Gasteiger partial charge in [0.05, 0.1) is 54.6 Å². The first-order valence-corrected chi connectivity index (χ1v) is 21.5. The fourth-order valence-electron chi connectivity index (χ4n) is 7.89. The summed E-state index contributed by atoms with van der Waals surface area (Å²) in [5, 5.41) is 8.85. The number of carbonyl (C=O) groups is 1. The molecule has 4 aromatic heterocycles. The molecule has 0 bridgehead atoms. The Kier molecular flexibility index (Phi) is 11.7. The Labute approximate surface area is 348 Å². The number of Topliss-reactive ketones (excluding diaryl/α,β-unsaturated/α-hetero) is 1. The molecule has 0 aliphatic carbocycles.